The van der Waals surface area contributed by atoms with Gasteiger partial charge in [-0.1, -0.05) is 44.4 Å². The van der Waals surface area contributed by atoms with Crippen molar-refractivity contribution in [1.29, 1.82) is 0 Å². The first-order valence-corrected chi connectivity index (χ1v) is 6.12. The molecule has 2 nitrogen and oxygen atoms in total. The highest BCUT2D eigenvalue weighted by Crippen LogP contribution is 2.17. The molecule has 1 aromatic rings. The summed E-state index contributed by atoms with van der Waals surface area (Å²) in [5.74, 6) is 4.06. The van der Waals surface area contributed by atoms with Crippen LogP contribution in [0.25, 0.3) is 0 Å². The van der Waals surface area contributed by atoms with E-state index in [1.165, 1.54) is 6.42 Å². The van der Waals surface area contributed by atoms with Crippen molar-refractivity contribution in [2.45, 2.75) is 26.8 Å². The average Bonchev–Trinajstić information content (AvgIpc) is 2.37. The second-order valence-electron chi connectivity index (χ2n) is 4.24. The highest BCUT2D eigenvalue weighted by Gasteiger charge is 2.03. The summed E-state index contributed by atoms with van der Waals surface area (Å²) in [7, 11) is 0. The Bertz CT molecular complexity index is 367. The molecule has 1 rings (SSSR count). The average molecular weight is 231 g/mol. The van der Waals surface area contributed by atoms with E-state index >= 15 is 0 Å². The summed E-state index contributed by atoms with van der Waals surface area (Å²) in [5.41, 5.74) is 1.16. The maximum Gasteiger partial charge on any atom is 0.148 e. The molecule has 0 saturated carbocycles. The number of hydrogen-bond acceptors (Lipinski definition) is 2. The Morgan fingerprint density at radius 3 is 2.88 bits per heavy atom. The van der Waals surface area contributed by atoms with Gasteiger partial charge in [0.05, 0.1) is 0 Å². The Morgan fingerprint density at radius 1 is 1.41 bits per heavy atom. The quantitative estimate of drug-likeness (QED) is 0.729. The molecule has 0 aliphatic carbocycles. The van der Waals surface area contributed by atoms with E-state index in [2.05, 4.69) is 31.2 Å². The fraction of sp³-hybridized carbons (Fsp3) is 0.467. The molecule has 0 heterocycles. The summed E-state index contributed by atoms with van der Waals surface area (Å²) in [6.45, 7) is 6.62. The Hall–Kier alpha value is -1.46. The van der Waals surface area contributed by atoms with Crippen LogP contribution >= 0.6 is 0 Å². The predicted octanol–water partition coefficient (Wildman–Crippen LogP) is 2.83. The van der Waals surface area contributed by atoms with Gasteiger partial charge in [0.15, 0.2) is 0 Å². The standard InChI is InChI=1S/C15H21NO/c1-4-10-17-15-9-7-6-8-14(15)12-16-11-13(3)5-2/h1,6-9,13,16H,5,10-12H2,2-3H3. The van der Waals surface area contributed by atoms with E-state index in [1.807, 2.05) is 18.2 Å². The second kappa shape index (κ2) is 7.76. The minimum atomic E-state index is 0.322. The van der Waals surface area contributed by atoms with E-state index in [0.717, 1.165) is 24.4 Å². The molecule has 0 aliphatic rings. The number of terminal acetylenes is 1. The van der Waals surface area contributed by atoms with Gasteiger partial charge in [-0.15, -0.1) is 6.42 Å². The van der Waals surface area contributed by atoms with E-state index in [1.54, 1.807) is 0 Å². The number of rotatable bonds is 7. The summed E-state index contributed by atoms with van der Waals surface area (Å²) >= 11 is 0. The van der Waals surface area contributed by atoms with Crippen LogP contribution in [0.15, 0.2) is 24.3 Å². The minimum Gasteiger partial charge on any atom is -0.481 e. The summed E-state index contributed by atoms with van der Waals surface area (Å²) in [6.07, 6.45) is 6.39. The largest absolute Gasteiger partial charge is 0.481 e. The molecule has 1 N–H and O–H groups in total. The number of ether oxygens (including phenoxy) is 1. The first kappa shape index (κ1) is 13.6. The SMILES string of the molecule is C#CCOc1ccccc1CNCC(C)CC. The van der Waals surface area contributed by atoms with Gasteiger partial charge in [-0.25, -0.2) is 0 Å². The fourth-order valence-electron chi connectivity index (χ4n) is 1.51. The molecule has 0 saturated heterocycles. The highest BCUT2D eigenvalue weighted by molar-refractivity contribution is 5.33. The number of benzene rings is 1. The summed E-state index contributed by atoms with van der Waals surface area (Å²) < 4.78 is 5.49. The normalized spacial score (nSPS) is 11.8. The van der Waals surface area contributed by atoms with Crippen LogP contribution in [-0.2, 0) is 6.54 Å². The molecule has 0 fully saturated rings. The van der Waals surface area contributed by atoms with Crippen LogP contribution in [0.4, 0.5) is 0 Å². The van der Waals surface area contributed by atoms with Crippen molar-refractivity contribution in [1.82, 2.24) is 5.32 Å². The molecular formula is C15H21NO. The molecule has 0 spiro atoms. The Balaban J connectivity index is 2.49. The lowest BCUT2D eigenvalue weighted by atomic mass is 10.1. The Morgan fingerprint density at radius 2 is 2.18 bits per heavy atom. The molecule has 1 unspecified atom stereocenters. The first-order valence-electron chi connectivity index (χ1n) is 6.12. The third-order valence-corrected chi connectivity index (χ3v) is 2.79. The van der Waals surface area contributed by atoms with Gasteiger partial charge in [-0.3, -0.25) is 0 Å². The summed E-state index contributed by atoms with van der Waals surface area (Å²) in [5, 5.41) is 3.44. The van der Waals surface area contributed by atoms with Crippen molar-refractivity contribution in [3.05, 3.63) is 29.8 Å². The number of para-hydroxylation sites is 1. The molecule has 0 aromatic heterocycles. The summed E-state index contributed by atoms with van der Waals surface area (Å²) in [6, 6.07) is 8.00. The van der Waals surface area contributed by atoms with Gasteiger partial charge in [0.2, 0.25) is 0 Å². The highest BCUT2D eigenvalue weighted by atomic mass is 16.5. The van der Waals surface area contributed by atoms with Crippen molar-refractivity contribution >= 4 is 0 Å². The van der Waals surface area contributed by atoms with E-state index in [9.17, 15) is 0 Å². The zero-order chi connectivity index (χ0) is 12.5. The third kappa shape index (κ3) is 4.93. The Kier molecular flexibility index (Phi) is 6.21. The van der Waals surface area contributed by atoms with Crippen LogP contribution in [0, 0.1) is 18.3 Å². The van der Waals surface area contributed by atoms with Crippen LogP contribution in [0.1, 0.15) is 25.8 Å². The van der Waals surface area contributed by atoms with Gasteiger partial charge in [-0.2, -0.15) is 0 Å². The lowest BCUT2D eigenvalue weighted by molar-refractivity contribution is 0.364. The van der Waals surface area contributed by atoms with E-state index < -0.39 is 0 Å². The van der Waals surface area contributed by atoms with Crippen LogP contribution in [-0.4, -0.2) is 13.2 Å². The molecule has 1 atom stereocenters. The molecule has 2 heteroatoms. The van der Waals surface area contributed by atoms with Crippen molar-refractivity contribution in [3.8, 4) is 18.1 Å². The van der Waals surface area contributed by atoms with Crippen LogP contribution < -0.4 is 10.1 Å². The van der Waals surface area contributed by atoms with Crippen LogP contribution in [0.3, 0.4) is 0 Å². The van der Waals surface area contributed by atoms with Gasteiger partial charge in [0.25, 0.3) is 0 Å². The number of hydrogen-bond donors (Lipinski definition) is 1. The lowest BCUT2D eigenvalue weighted by Crippen LogP contribution is -2.20. The van der Waals surface area contributed by atoms with Crippen molar-refractivity contribution in [2.24, 2.45) is 5.92 Å². The minimum absolute atomic E-state index is 0.322. The molecule has 0 radical (unpaired) electrons. The molecule has 92 valence electrons. The Labute approximate surface area is 104 Å². The van der Waals surface area contributed by atoms with Crippen molar-refractivity contribution in [2.75, 3.05) is 13.2 Å². The van der Waals surface area contributed by atoms with Gasteiger partial charge in [0.1, 0.15) is 12.4 Å². The van der Waals surface area contributed by atoms with Crippen LogP contribution in [0.5, 0.6) is 5.75 Å². The van der Waals surface area contributed by atoms with Gasteiger partial charge in [0, 0.05) is 12.1 Å². The van der Waals surface area contributed by atoms with Crippen molar-refractivity contribution in [3.63, 3.8) is 0 Å². The molecular weight excluding hydrogens is 210 g/mol. The lowest BCUT2D eigenvalue weighted by Gasteiger charge is -2.12. The monoisotopic (exact) mass is 231 g/mol. The predicted molar refractivity (Wildman–Crippen MR) is 71.9 cm³/mol. The zero-order valence-corrected chi connectivity index (χ0v) is 10.7. The molecule has 17 heavy (non-hydrogen) atoms. The number of nitrogens with one attached hydrogen (secondary N) is 1. The maximum atomic E-state index is 5.49. The summed E-state index contributed by atoms with van der Waals surface area (Å²) in [4.78, 5) is 0. The van der Waals surface area contributed by atoms with Gasteiger partial charge in [-0.05, 0) is 18.5 Å². The van der Waals surface area contributed by atoms with Gasteiger partial charge < -0.3 is 10.1 Å². The third-order valence-electron chi connectivity index (χ3n) is 2.79. The smallest absolute Gasteiger partial charge is 0.148 e. The molecule has 0 amide bonds. The van der Waals surface area contributed by atoms with Crippen LogP contribution in [0.2, 0.25) is 0 Å². The molecule has 1 aromatic carbocycles. The molecule has 0 aliphatic heterocycles. The van der Waals surface area contributed by atoms with E-state index in [-0.39, 0.29) is 0 Å². The van der Waals surface area contributed by atoms with E-state index in [0.29, 0.717) is 12.5 Å². The second-order valence-corrected chi connectivity index (χ2v) is 4.24. The fourth-order valence-corrected chi connectivity index (χ4v) is 1.51. The van der Waals surface area contributed by atoms with Crippen molar-refractivity contribution < 1.29 is 4.74 Å². The molecule has 0 bridgehead atoms. The maximum absolute atomic E-state index is 5.49. The first-order chi connectivity index (χ1) is 8.27. The topological polar surface area (TPSA) is 21.3 Å². The zero-order valence-electron chi connectivity index (χ0n) is 10.7. The van der Waals surface area contributed by atoms with Gasteiger partial charge >= 0.3 is 0 Å². The van der Waals surface area contributed by atoms with E-state index in [4.69, 9.17) is 11.2 Å².